The maximum Gasteiger partial charge on any atom is 0.410 e. The summed E-state index contributed by atoms with van der Waals surface area (Å²) in [6, 6.07) is 7.39. The van der Waals surface area contributed by atoms with Crippen LogP contribution in [0, 0.1) is 5.82 Å². The number of nitrogens with two attached hydrogens (primary N) is 3. The summed E-state index contributed by atoms with van der Waals surface area (Å²) in [6.07, 6.45) is -4.66. The molecule has 0 fully saturated rings. The molecular weight excluding hydrogens is 458 g/mol. The largest absolute Gasteiger partial charge is 0.496 e. The van der Waals surface area contributed by atoms with Gasteiger partial charge in [-0.3, -0.25) is 14.6 Å². The molecule has 7 N–H and O–H groups in total. The number of hydrogen-bond donors (Lipinski definition) is 4. The molecule has 0 radical (unpaired) electrons. The summed E-state index contributed by atoms with van der Waals surface area (Å²) in [5, 5.41) is 2.61. The highest BCUT2D eigenvalue weighted by Gasteiger charge is 2.36. The molecule has 0 aliphatic rings. The van der Waals surface area contributed by atoms with Crippen molar-refractivity contribution in [3.05, 3.63) is 70.5 Å². The van der Waals surface area contributed by atoms with Crippen LogP contribution in [0.15, 0.2) is 53.0 Å². The predicted molar refractivity (Wildman–Crippen MR) is 118 cm³/mol. The lowest BCUT2D eigenvalue weighted by Crippen LogP contribution is -2.33. The molecule has 2 aromatic carbocycles. The topological polar surface area (TPSA) is 146 Å². The first-order chi connectivity index (χ1) is 15.8. The second-order valence-corrected chi connectivity index (χ2v) is 7.11. The zero-order valence-corrected chi connectivity index (χ0v) is 18.2. The fraction of sp³-hybridized carbons (Fsp3) is 0.227. The lowest BCUT2D eigenvalue weighted by molar-refractivity contribution is -0.142. The molecule has 2 aromatic rings. The van der Waals surface area contributed by atoms with E-state index in [-0.39, 0.29) is 29.1 Å². The van der Waals surface area contributed by atoms with Crippen LogP contribution in [0.2, 0.25) is 0 Å². The van der Waals surface area contributed by atoms with Crippen LogP contribution in [0.5, 0.6) is 5.75 Å². The number of methoxy groups -OCH3 is 1. The lowest BCUT2D eigenvalue weighted by Gasteiger charge is -2.14. The van der Waals surface area contributed by atoms with Crippen LogP contribution in [0.4, 0.5) is 17.6 Å². The number of benzene rings is 2. The molecule has 0 spiro atoms. The molecule has 0 aromatic heterocycles. The number of primary amides is 1. The van der Waals surface area contributed by atoms with E-state index in [2.05, 4.69) is 10.3 Å². The maximum absolute atomic E-state index is 13.5. The minimum absolute atomic E-state index is 0.0141. The molecule has 8 nitrogen and oxygen atoms in total. The number of carbonyl (C=O) groups is 2. The molecule has 0 saturated carbocycles. The molecule has 0 aliphatic carbocycles. The van der Waals surface area contributed by atoms with Gasteiger partial charge in [-0.05, 0) is 36.2 Å². The highest BCUT2D eigenvalue weighted by atomic mass is 19.4. The van der Waals surface area contributed by atoms with Gasteiger partial charge in [0.25, 0.3) is 11.8 Å². The van der Waals surface area contributed by atoms with Gasteiger partial charge < -0.3 is 27.3 Å². The average molecular weight is 481 g/mol. The van der Waals surface area contributed by atoms with E-state index in [1.807, 2.05) is 0 Å². The summed E-state index contributed by atoms with van der Waals surface area (Å²) in [4.78, 5) is 27.5. The molecule has 34 heavy (non-hydrogen) atoms. The van der Waals surface area contributed by atoms with Gasteiger partial charge in [0.1, 0.15) is 29.0 Å². The summed E-state index contributed by atoms with van der Waals surface area (Å²) < 4.78 is 56.8. The van der Waals surface area contributed by atoms with Gasteiger partial charge in [-0.1, -0.05) is 24.3 Å². The van der Waals surface area contributed by atoms with Crippen LogP contribution in [0.1, 0.15) is 28.4 Å². The molecule has 0 heterocycles. The highest BCUT2D eigenvalue weighted by Crippen LogP contribution is 2.23. The number of amidine groups is 1. The minimum atomic E-state index is -4.66. The Kier molecular flexibility index (Phi) is 8.22. The SMILES string of the molecule is COc1ccc(F)cc1C(=O)NCc1ccc(/C(N)=C(\C(N)=O)C(N)=N[C@@H](C)C(F)(F)F)cc1. The van der Waals surface area contributed by atoms with Gasteiger partial charge in [-0.25, -0.2) is 4.39 Å². The number of halogens is 4. The third-order valence-corrected chi connectivity index (χ3v) is 4.70. The van der Waals surface area contributed by atoms with E-state index in [9.17, 15) is 27.2 Å². The Bertz CT molecular complexity index is 1130. The summed E-state index contributed by atoms with van der Waals surface area (Å²) in [6.45, 7) is 0.821. The number of nitrogens with zero attached hydrogens (tertiary/aromatic N) is 1. The Morgan fingerprint density at radius 1 is 1.09 bits per heavy atom. The second-order valence-electron chi connectivity index (χ2n) is 7.11. The lowest BCUT2D eigenvalue weighted by atomic mass is 10.0. The van der Waals surface area contributed by atoms with Gasteiger partial charge in [-0.2, -0.15) is 13.2 Å². The van der Waals surface area contributed by atoms with E-state index in [0.29, 0.717) is 5.56 Å². The smallest absolute Gasteiger partial charge is 0.410 e. The zero-order chi connectivity index (χ0) is 25.6. The van der Waals surface area contributed by atoms with Crippen LogP contribution >= 0.6 is 0 Å². The van der Waals surface area contributed by atoms with Crippen molar-refractivity contribution < 1.29 is 31.9 Å². The van der Waals surface area contributed by atoms with E-state index >= 15 is 0 Å². The van der Waals surface area contributed by atoms with Crippen molar-refractivity contribution >= 4 is 23.3 Å². The number of rotatable bonds is 8. The quantitative estimate of drug-likeness (QED) is 0.198. The van der Waals surface area contributed by atoms with Crippen LogP contribution in [-0.2, 0) is 11.3 Å². The maximum atomic E-state index is 13.5. The van der Waals surface area contributed by atoms with Gasteiger partial charge in [0, 0.05) is 6.54 Å². The normalized spacial score (nSPS) is 13.6. The number of nitrogens with one attached hydrogen (secondary N) is 1. The van der Waals surface area contributed by atoms with Gasteiger partial charge in [0.05, 0.1) is 18.4 Å². The molecular formula is C22H23F4N5O3. The number of amides is 2. The Hall–Kier alpha value is -4.09. The summed E-state index contributed by atoms with van der Waals surface area (Å²) in [5.41, 5.74) is 16.8. The molecule has 12 heteroatoms. The van der Waals surface area contributed by atoms with Gasteiger partial charge in [0.15, 0.2) is 0 Å². The van der Waals surface area contributed by atoms with E-state index in [1.54, 1.807) is 12.1 Å². The molecule has 2 amide bonds. The van der Waals surface area contributed by atoms with Crippen LogP contribution in [0.25, 0.3) is 5.70 Å². The monoisotopic (exact) mass is 481 g/mol. The summed E-state index contributed by atoms with van der Waals surface area (Å²) >= 11 is 0. The van der Waals surface area contributed by atoms with Crippen molar-refractivity contribution in [1.82, 2.24) is 5.32 Å². The minimum Gasteiger partial charge on any atom is -0.496 e. The Balaban J connectivity index is 2.22. The number of aliphatic imine (C=N–C) groups is 1. The Morgan fingerprint density at radius 2 is 1.71 bits per heavy atom. The van der Waals surface area contributed by atoms with E-state index < -0.39 is 41.3 Å². The third kappa shape index (κ3) is 6.47. The molecule has 0 saturated heterocycles. The first kappa shape index (κ1) is 26.2. The van der Waals surface area contributed by atoms with Crippen molar-refractivity contribution in [2.75, 3.05) is 7.11 Å². The highest BCUT2D eigenvalue weighted by molar-refractivity contribution is 6.24. The van der Waals surface area contributed by atoms with Gasteiger partial charge >= 0.3 is 6.18 Å². The third-order valence-electron chi connectivity index (χ3n) is 4.70. The molecule has 0 unspecified atom stereocenters. The number of alkyl halides is 3. The van der Waals surface area contributed by atoms with Crippen molar-refractivity contribution in [2.45, 2.75) is 25.7 Å². The van der Waals surface area contributed by atoms with E-state index in [4.69, 9.17) is 21.9 Å². The van der Waals surface area contributed by atoms with Crippen molar-refractivity contribution in [3.8, 4) is 5.75 Å². The standard InChI is InChI=1S/C22H23F4N5O3/c1-11(22(24,25)26)31-19(28)17(20(29)32)18(27)13-5-3-12(4-6-13)10-30-21(33)15-9-14(23)7-8-16(15)34-2/h3-9,11H,10,27H2,1-2H3,(H2,28,31)(H2,29,32)(H,30,33)/b18-17+/t11-/m0/s1. The Morgan fingerprint density at radius 3 is 2.24 bits per heavy atom. The van der Waals surface area contributed by atoms with Crippen LogP contribution in [-0.4, -0.2) is 37.0 Å². The molecule has 0 bridgehead atoms. The van der Waals surface area contributed by atoms with E-state index in [0.717, 1.165) is 19.1 Å². The number of ether oxygens (including phenoxy) is 1. The van der Waals surface area contributed by atoms with Crippen LogP contribution < -0.4 is 27.3 Å². The molecule has 1 atom stereocenters. The van der Waals surface area contributed by atoms with Crippen molar-refractivity contribution in [3.63, 3.8) is 0 Å². The van der Waals surface area contributed by atoms with Crippen molar-refractivity contribution in [1.29, 1.82) is 0 Å². The van der Waals surface area contributed by atoms with E-state index in [1.165, 1.54) is 25.3 Å². The van der Waals surface area contributed by atoms with Gasteiger partial charge in [0.2, 0.25) is 0 Å². The average Bonchev–Trinajstić information content (AvgIpc) is 2.76. The second kappa shape index (κ2) is 10.7. The molecule has 0 aliphatic heterocycles. The first-order valence-electron chi connectivity index (χ1n) is 9.76. The number of carbonyl (C=O) groups excluding carboxylic acids is 2. The summed E-state index contributed by atoms with van der Waals surface area (Å²) in [5.74, 6) is -2.86. The summed E-state index contributed by atoms with van der Waals surface area (Å²) in [7, 11) is 1.35. The van der Waals surface area contributed by atoms with Crippen LogP contribution in [0.3, 0.4) is 0 Å². The first-order valence-corrected chi connectivity index (χ1v) is 9.76. The Labute approximate surface area is 192 Å². The fourth-order valence-electron chi connectivity index (χ4n) is 2.83. The predicted octanol–water partition coefficient (Wildman–Crippen LogP) is 2.23. The zero-order valence-electron chi connectivity index (χ0n) is 18.2. The molecule has 182 valence electrons. The van der Waals surface area contributed by atoms with Crippen molar-refractivity contribution in [2.24, 2.45) is 22.2 Å². The molecule has 2 rings (SSSR count). The number of hydrogen-bond acceptors (Lipinski definition) is 5. The fourth-order valence-corrected chi connectivity index (χ4v) is 2.83. The van der Waals surface area contributed by atoms with Gasteiger partial charge in [-0.15, -0.1) is 0 Å².